The van der Waals surface area contributed by atoms with Gasteiger partial charge < -0.3 is 0 Å². The lowest BCUT2D eigenvalue weighted by molar-refractivity contribution is 0.828. The van der Waals surface area contributed by atoms with Crippen LogP contribution in [0, 0.1) is 0 Å². The van der Waals surface area contributed by atoms with Gasteiger partial charge in [-0.05, 0) is 79.6 Å². The molecule has 0 atom stereocenters. The van der Waals surface area contributed by atoms with Crippen LogP contribution in [0.5, 0.6) is 0 Å². The third-order valence-corrected chi connectivity index (χ3v) is 9.95. The number of nitrogens with zero attached hydrogens (tertiary/aromatic N) is 9. The highest BCUT2D eigenvalue weighted by Crippen LogP contribution is 2.43. The summed E-state index contributed by atoms with van der Waals surface area (Å²) >= 11 is 9.00. The first kappa shape index (κ1) is 26.4. The molecule has 39 heavy (non-hydrogen) atoms. The molecular weight excluding hydrogens is 607 g/mol. The van der Waals surface area contributed by atoms with Crippen molar-refractivity contribution in [1.82, 2.24) is 44.3 Å². The fourth-order valence-corrected chi connectivity index (χ4v) is 8.10. The minimum atomic E-state index is 0.507. The first-order valence-electron chi connectivity index (χ1n) is 11.3. The van der Waals surface area contributed by atoms with Crippen LogP contribution in [0.15, 0.2) is 122 Å². The van der Waals surface area contributed by atoms with E-state index in [1.165, 1.54) is 43.2 Å². The number of hydrogen-bond acceptors (Lipinski definition) is 12. The molecule has 0 radical (unpaired) electrons. The molecule has 0 unspecified atom stereocenters. The summed E-state index contributed by atoms with van der Waals surface area (Å²) in [5, 5.41) is 29.7. The van der Waals surface area contributed by atoms with Gasteiger partial charge in [0, 0.05) is 0 Å². The molecule has 0 aliphatic heterocycles. The van der Waals surface area contributed by atoms with Crippen molar-refractivity contribution in [2.45, 2.75) is 30.9 Å². The Balaban J connectivity index is 1.28. The van der Waals surface area contributed by atoms with Crippen molar-refractivity contribution in [2.75, 3.05) is 0 Å². The van der Waals surface area contributed by atoms with Crippen molar-refractivity contribution in [2.24, 2.45) is 0 Å². The van der Waals surface area contributed by atoms with Crippen molar-refractivity contribution >= 4 is 68.4 Å². The van der Waals surface area contributed by atoms with Crippen molar-refractivity contribution < 1.29 is 0 Å². The normalized spacial score (nSPS) is 11.2. The molecule has 3 aromatic carbocycles. The number of hydrogen-bond donors (Lipinski definition) is 2. The van der Waals surface area contributed by atoms with E-state index in [2.05, 4.69) is 55.8 Å². The Kier molecular flexibility index (Phi) is 8.22. The van der Waals surface area contributed by atoms with Crippen LogP contribution >= 0.6 is 68.4 Å². The van der Waals surface area contributed by atoms with E-state index >= 15 is 0 Å². The largest absolute Gasteiger partial charge is 0.265 e. The number of aromatic nitrogens is 9. The molecule has 0 aliphatic rings. The van der Waals surface area contributed by atoms with Crippen LogP contribution in [-0.4, -0.2) is 44.3 Å². The van der Waals surface area contributed by atoms with Crippen LogP contribution in [0.1, 0.15) is 0 Å². The van der Waals surface area contributed by atoms with Crippen molar-refractivity contribution in [3.8, 4) is 17.1 Å². The van der Waals surface area contributed by atoms with Gasteiger partial charge in [-0.25, -0.2) is 0 Å². The first-order chi connectivity index (χ1) is 19.2. The Bertz CT molecular complexity index is 1580. The first-order valence-corrected chi connectivity index (χ1v) is 16.5. The summed E-state index contributed by atoms with van der Waals surface area (Å²) in [7, 11) is 5.76. The van der Waals surface area contributed by atoms with E-state index in [1.807, 2.05) is 105 Å². The zero-order valence-electron chi connectivity index (χ0n) is 19.7. The van der Waals surface area contributed by atoms with Crippen LogP contribution in [0.4, 0.5) is 0 Å². The maximum absolute atomic E-state index is 4.50. The lowest BCUT2D eigenvalue weighted by Gasteiger charge is -2.10. The Morgan fingerprint density at radius 2 is 0.667 bits per heavy atom. The second-order valence-corrected chi connectivity index (χ2v) is 12.6. The van der Waals surface area contributed by atoms with Gasteiger partial charge in [0.05, 0.1) is 17.1 Å². The molecule has 15 heteroatoms. The molecule has 6 aromatic rings. The Hall–Kier alpha value is -2.82. The fraction of sp³-hybridized carbons (Fsp3) is 0. The summed E-state index contributed by atoms with van der Waals surface area (Å²) < 4.78 is 5.78. The van der Waals surface area contributed by atoms with Gasteiger partial charge in [0.1, 0.15) is 0 Å². The lowest BCUT2D eigenvalue weighted by atomic mass is 10.3. The zero-order valence-corrected chi connectivity index (χ0v) is 24.8. The van der Waals surface area contributed by atoms with E-state index in [4.69, 9.17) is 0 Å². The highest BCUT2D eigenvalue weighted by molar-refractivity contribution is 8.77. The van der Waals surface area contributed by atoms with Gasteiger partial charge in [-0.1, -0.05) is 54.6 Å². The zero-order chi connectivity index (χ0) is 26.6. The molecule has 3 heterocycles. The van der Waals surface area contributed by atoms with Crippen LogP contribution in [-0.2, 0) is 0 Å². The van der Waals surface area contributed by atoms with Gasteiger partial charge in [0.25, 0.3) is 0 Å². The average molecular weight is 624 g/mol. The number of para-hydroxylation sites is 3. The monoisotopic (exact) mass is 623 g/mol. The average Bonchev–Trinajstić information content (AvgIpc) is 3.68. The Labute approximate surface area is 250 Å². The minimum Gasteiger partial charge on any atom is -0.265 e. The van der Waals surface area contributed by atoms with Gasteiger partial charge in [-0.15, -0.1) is 55.8 Å². The SMILES string of the molecule is Sc1nnc(SSc2nnc(SSc3nnc(S)n3-c3ccccc3)n2-c2ccccc2)n1-c1ccccc1. The smallest absolute Gasteiger partial charge is 0.207 e. The summed E-state index contributed by atoms with van der Waals surface area (Å²) in [5.41, 5.74) is 2.80. The highest BCUT2D eigenvalue weighted by Gasteiger charge is 2.21. The third-order valence-electron chi connectivity index (χ3n) is 5.26. The van der Waals surface area contributed by atoms with Crippen LogP contribution in [0.25, 0.3) is 17.1 Å². The molecule has 0 spiro atoms. The van der Waals surface area contributed by atoms with E-state index in [0.29, 0.717) is 30.9 Å². The van der Waals surface area contributed by atoms with Crippen molar-refractivity contribution in [1.29, 1.82) is 0 Å². The van der Waals surface area contributed by atoms with Crippen LogP contribution in [0.2, 0.25) is 0 Å². The molecule has 0 aliphatic carbocycles. The summed E-state index contributed by atoms with van der Waals surface area (Å²) in [6.45, 7) is 0. The van der Waals surface area contributed by atoms with Crippen molar-refractivity contribution in [3.63, 3.8) is 0 Å². The van der Waals surface area contributed by atoms with E-state index in [9.17, 15) is 0 Å². The van der Waals surface area contributed by atoms with Gasteiger partial charge in [-0.3, -0.25) is 13.7 Å². The predicted molar refractivity (Wildman–Crippen MR) is 162 cm³/mol. The van der Waals surface area contributed by atoms with E-state index < -0.39 is 0 Å². The molecule has 0 amide bonds. The van der Waals surface area contributed by atoms with Gasteiger partial charge in [0.2, 0.25) is 20.6 Å². The number of thiol groups is 2. The molecule has 0 bridgehead atoms. The third kappa shape index (κ3) is 5.73. The number of rotatable bonds is 9. The summed E-state index contributed by atoms with van der Waals surface area (Å²) in [4.78, 5) is 0. The second kappa shape index (κ2) is 12.1. The van der Waals surface area contributed by atoms with E-state index in [0.717, 1.165) is 17.1 Å². The predicted octanol–water partition coefficient (Wildman–Crippen LogP) is 6.60. The van der Waals surface area contributed by atoms with Gasteiger partial charge in [0.15, 0.2) is 10.3 Å². The lowest BCUT2D eigenvalue weighted by Crippen LogP contribution is -1.99. The summed E-state index contributed by atoms with van der Waals surface area (Å²) in [6.07, 6.45) is 0. The molecular formula is C24H17N9S6. The topological polar surface area (TPSA) is 92.1 Å². The van der Waals surface area contributed by atoms with Gasteiger partial charge in [-0.2, -0.15) is 0 Å². The Morgan fingerprint density at radius 3 is 1.03 bits per heavy atom. The Morgan fingerprint density at radius 1 is 0.385 bits per heavy atom. The molecule has 0 fully saturated rings. The molecule has 3 aromatic heterocycles. The van der Waals surface area contributed by atoms with Crippen molar-refractivity contribution in [3.05, 3.63) is 91.0 Å². The summed E-state index contributed by atoms with van der Waals surface area (Å²) in [5.74, 6) is 0. The molecule has 0 saturated heterocycles. The van der Waals surface area contributed by atoms with Gasteiger partial charge >= 0.3 is 0 Å². The minimum absolute atomic E-state index is 0.507. The van der Waals surface area contributed by atoms with Crippen LogP contribution in [0.3, 0.4) is 0 Å². The highest BCUT2D eigenvalue weighted by atomic mass is 33.1. The fourth-order valence-electron chi connectivity index (χ4n) is 3.55. The second-order valence-electron chi connectivity index (χ2n) is 7.68. The van der Waals surface area contributed by atoms with Crippen LogP contribution < -0.4 is 0 Å². The molecule has 194 valence electrons. The standard InChI is InChI=1S/C24H17N9S6/c34-19-25-27-21(31(19)16-10-4-1-5-11-16)36-38-23-29-30-24(33(23)18-14-8-3-9-15-18)39-37-22-28-26-20(35)32(22)17-12-6-2-7-13-17/h1-15H,(H,25,34)(H,26,35). The number of benzene rings is 3. The molecule has 6 rings (SSSR count). The quantitative estimate of drug-likeness (QED) is 0.135. The molecule has 0 saturated carbocycles. The maximum atomic E-state index is 4.50. The molecule has 9 nitrogen and oxygen atoms in total. The van der Waals surface area contributed by atoms with E-state index in [-0.39, 0.29) is 0 Å². The summed E-state index contributed by atoms with van der Waals surface area (Å²) in [6, 6.07) is 29.7. The molecule has 0 N–H and O–H groups in total. The maximum Gasteiger partial charge on any atom is 0.207 e. The van der Waals surface area contributed by atoms with E-state index in [1.54, 1.807) is 0 Å².